The van der Waals surface area contributed by atoms with E-state index in [1.807, 2.05) is 41.3 Å². The molecule has 6 nitrogen and oxygen atoms in total. The molecule has 166 valence electrons. The van der Waals surface area contributed by atoms with Gasteiger partial charge in [-0.15, -0.1) is 16.4 Å². The van der Waals surface area contributed by atoms with Gasteiger partial charge in [-0.05, 0) is 48.0 Å². The van der Waals surface area contributed by atoms with Crippen LogP contribution in [0, 0.1) is 0 Å². The molecule has 0 fully saturated rings. The van der Waals surface area contributed by atoms with Crippen molar-refractivity contribution < 1.29 is 9.47 Å². The number of para-hydroxylation sites is 1. The molecule has 4 heterocycles. The number of ether oxygens (including phenoxy) is 2. The zero-order chi connectivity index (χ0) is 22.5. The van der Waals surface area contributed by atoms with Crippen molar-refractivity contribution >= 4 is 50.7 Å². The second-order valence-electron chi connectivity index (χ2n) is 7.62. The summed E-state index contributed by atoms with van der Waals surface area (Å²) in [6.07, 6.45) is 1.61. The van der Waals surface area contributed by atoms with Gasteiger partial charge in [0.05, 0.1) is 12.8 Å². The highest BCUT2D eigenvalue weighted by molar-refractivity contribution is 9.10. The van der Waals surface area contributed by atoms with Gasteiger partial charge in [0.2, 0.25) is 11.1 Å². The third kappa shape index (κ3) is 3.37. The third-order valence-corrected chi connectivity index (χ3v) is 7.79. The summed E-state index contributed by atoms with van der Waals surface area (Å²) in [7, 11) is 1.69. The Kier molecular flexibility index (Phi) is 5.20. The van der Waals surface area contributed by atoms with Crippen LogP contribution in [0.15, 0.2) is 75.2 Å². The molecule has 4 aromatic rings. The number of aromatic nitrogens is 3. The first-order chi connectivity index (χ1) is 16.2. The maximum Gasteiger partial charge on any atom is 0.227 e. The number of fused-ring (bicyclic) bond motifs is 3. The number of nitrogens with one attached hydrogen (secondary N) is 1. The van der Waals surface area contributed by atoms with Crippen molar-refractivity contribution in [2.45, 2.75) is 17.3 Å². The number of anilines is 1. The summed E-state index contributed by atoms with van der Waals surface area (Å²) < 4.78 is 15.4. The fourth-order valence-electron chi connectivity index (χ4n) is 4.43. The summed E-state index contributed by atoms with van der Waals surface area (Å²) in [5, 5.41) is 11.2. The van der Waals surface area contributed by atoms with Crippen LogP contribution < -0.4 is 14.8 Å². The van der Waals surface area contributed by atoms with Gasteiger partial charge in [-0.3, -0.25) is 0 Å². The molecule has 1 N–H and O–H groups in total. The summed E-state index contributed by atoms with van der Waals surface area (Å²) in [5.74, 6) is 2.32. The first-order valence-corrected chi connectivity index (χ1v) is 13.2. The van der Waals surface area contributed by atoms with Crippen molar-refractivity contribution in [3.63, 3.8) is 0 Å². The molecule has 0 saturated heterocycles. The maximum absolute atomic E-state index is 6.70. The van der Waals surface area contributed by atoms with E-state index in [1.165, 1.54) is 16.6 Å². The summed E-state index contributed by atoms with van der Waals surface area (Å²) >= 11 is 6.87. The van der Waals surface area contributed by atoms with Gasteiger partial charge in [0.15, 0.2) is 6.10 Å². The minimum atomic E-state index is -0.378. The topological polar surface area (TPSA) is 61.2 Å². The minimum absolute atomic E-state index is 0.160. The molecule has 2 aliphatic heterocycles. The van der Waals surface area contributed by atoms with Crippen molar-refractivity contribution in [2.75, 3.05) is 18.7 Å². The van der Waals surface area contributed by atoms with E-state index < -0.39 is 0 Å². The van der Waals surface area contributed by atoms with Crippen LogP contribution in [0.3, 0.4) is 0 Å². The number of hydrogen-bond acceptors (Lipinski definition) is 7. The van der Waals surface area contributed by atoms with Gasteiger partial charge in [0, 0.05) is 26.0 Å². The van der Waals surface area contributed by atoms with Gasteiger partial charge in [0.25, 0.3) is 0 Å². The summed E-state index contributed by atoms with van der Waals surface area (Å²) in [4.78, 5) is 5.91. The van der Waals surface area contributed by atoms with Crippen LogP contribution in [0.1, 0.15) is 28.1 Å². The predicted octanol–water partition coefficient (Wildman–Crippen LogP) is 6.39. The fourth-order valence-corrected chi connectivity index (χ4v) is 5.99. The van der Waals surface area contributed by atoms with Crippen molar-refractivity contribution in [1.82, 2.24) is 14.8 Å². The van der Waals surface area contributed by atoms with Crippen LogP contribution in [0.4, 0.5) is 5.95 Å². The minimum Gasteiger partial charge on any atom is -0.496 e. The normalized spacial score (nSPS) is 18.6. The van der Waals surface area contributed by atoms with Gasteiger partial charge in [-0.25, -0.2) is 4.68 Å². The summed E-state index contributed by atoms with van der Waals surface area (Å²) in [6, 6.07) is 18.2. The monoisotopic (exact) mass is 538 g/mol. The third-order valence-electron chi connectivity index (χ3n) is 5.83. The molecule has 0 amide bonds. The van der Waals surface area contributed by atoms with Crippen molar-refractivity contribution in [2.24, 2.45) is 0 Å². The standard InChI is InChI=1S/C24H19BrN4O2S2/c1-30-16-10-9-13(25)12-15(16)22-19-20(14-6-3-4-7-17(14)31-22)26-23-27-24(32-2)28-29(23)21(19)18-8-5-11-33-18/h3-12,21-22H,1-2H3,(H,26,27,28). The van der Waals surface area contributed by atoms with E-state index in [1.54, 1.807) is 18.4 Å². The van der Waals surface area contributed by atoms with E-state index in [4.69, 9.17) is 19.6 Å². The smallest absolute Gasteiger partial charge is 0.227 e. The van der Waals surface area contributed by atoms with E-state index in [9.17, 15) is 0 Å². The Labute approximate surface area is 207 Å². The van der Waals surface area contributed by atoms with Crippen molar-refractivity contribution in [3.05, 3.63) is 86.0 Å². The molecule has 2 aromatic heterocycles. The Balaban J connectivity index is 1.65. The highest BCUT2D eigenvalue weighted by atomic mass is 79.9. The second-order valence-corrected chi connectivity index (χ2v) is 10.3. The molecule has 0 bridgehead atoms. The largest absolute Gasteiger partial charge is 0.496 e. The lowest BCUT2D eigenvalue weighted by Crippen LogP contribution is -2.32. The molecule has 0 aliphatic carbocycles. The van der Waals surface area contributed by atoms with Gasteiger partial charge in [-0.1, -0.05) is 45.9 Å². The van der Waals surface area contributed by atoms with Crippen LogP contribution in [-0.2, 0) is 0 Å². The van der Waals surface area contributed by atoms with Gasteiger partial charge < -0.3 is 14.8 Å². The van der Waals surface area contributed by atoms with Gasteiger partial charge >= 0.3 is 0 Å². The second kappa shape index (κ2) is 8.23. The molecular formula is C24H19BrN4O2S2. The zero-order valence-corrected chi connectivity index (χ0v) is 21.0. The van der Waals surface area contributed by atoms with Crippen molar-refractivity contribution in [1.29, 1.82) is 0 Å². The lowest BCUT2D eigenvalue weighted by Gasteiger charge is -2.38. The predicted molar refractivity (Wildman–Crippen MR) is 135 cm³/mol. The Morgan fingerprint density at radius 2 is 2.06 bits per heavy atom. The first kappa shape index (κ1) is 20.8. The maximum atomic E-state index is 6.70. The van der Waals surface area contributed by atoms with Crippen LogP contribution in [-0.4, -0.2) is 28.1 Å². The molecule has 0 spiro atoms. The fraction of sp³-hybridized carbons (Fsp3) is 0.167. The summed E-state index contributed by atoms with van der Waals surface area (Å²) in [5.41, 5.74) is 4.05. The van der Waals surface area contributed by atoms with Crippen LogP contribution in [0.2, 0.25) is 0 Å². The van der Waals surface area contributed by atoms with E-state index in [2.05, 4.69) is 50.9 Å². The summed E-state index contributed by atoms with van der Waals surface area (Å²) in [6.45, 7) is 0. The molecule has 6 rings (SSSR count). The van der Waals surface area contributed by atoms with E-state index in [-0.39, 0.29) is 12.1 Å². The highest BCUT2D eigenvalue weighted by Crippen LogP contribution is 2.52. The Bertz CT molecular complexity index is 1380. The number of thioether (sulfide) groups is 1. The number of nitrogens with zero attached hydrogens (tertiary/aromatic N) is 3. The van der Waals surface area contributed by atoms with Crippen LogP contribution in [0.25, 0.3) is 5.70 Å². The number of benzene rings is 2. The van der Waals surface area contributed by atoms with Crippen LogP contribution in [0.5, 0.6) is 11.5 Å². The van der Waals surface area contributed by atoms with E-state index in [0.29, 0.717) is 0 Å². The highest BCUT2D eigenvalue weighted by Gasteiger charge is 2.42. The molecular weight excluding hydrogens is 520 g/mol. The molecule has 33 heavy (non-hydrogen) atoms. The molecule has 0 saturated carbocycles. The molecule has 2 aromatic carbocycles. The lowest BCUT2D eigenvalue weighted by molar-refractivity contribution is 0.218. The Morgan fingerprint density at radius 1 is 1.18 bits per heavy atom. The molecule has 9 heteroatoms. The number of hydrogen-bond donors (Lipinski definition) is 1. The molecule has 2 atom stereocenters. The number of halogens is 1. The Hall–Kier alpha value is -2.75. The zero-order valence-electron chi connectivity index (χ0n) is 17.8. The molecule has 0 radical (unpaired) electrons. The van der Waals surface area contributed by atoms with Crippen molar-refractivity contribution in [3.8, 4) is 11.5 Å². The number of rotatable bonds is 4. The lowest BCUT2D eigenvalue weighted by atomic mass is 9.86. The number of methoxy groups -OCH3 is 1. The first-order valence-electron chi connectivity index (χ1n) is 10.3. The average molecular weight is 539 g/mol. The molecule has 2 unspecified atom stereocenters. The van der Waals surface area contributed by atoms with E-state index in [0.717, 1.165) is 49.5 Å². The van der Waals surface area contributed by atoms with Gasteiger partial charge in [0.1, 0.15) is 17.5 Å². The quantitative estimate of drug-likeness (QED) is 0.303. The number of thiophene rings is 1. The average Bonchev–Trinajstić information content (AvgIpc) is 3.52. The SMILES string of the molecule is COc1ccc(Br)cc1C1Oc2ccccc2C2=C1C(c1cccs1)n1nc(SC)nc1N2. The molecule has 2 aliphatic rings. The Morgan fingerprint density at radius 3 is 2.85 bits per heavy atom. The van der Waals surface area contributed by atoms with Crippen LogP contribution >= 0.6 is 39.0 Å². The van der Waals surface area contributed by atoms with Gasteiger partial charge in [-0.2, -0.15) is 4.98 Å². The van der Waals surface area contributed by atoms with E-state index >= 15 is 0 Å².